The lowest BCUT2D eigenvalue weighted by molar-refractivity contribution is -0.140. The van der Waals surface area contributed by atoms with Crippen LogP contribution in [0.3, 0.4) is 0 Å². The van der Waals surface area contributed by atoms with Gasteiger partial charge in [-0.15, -0.1) is 0 Å². The van der Waals surface area contributed by atoms with E-state index in [0.717, 1.165) is 29.8 Å². The Hall–Kier alpha value is -3.12. The lowest BCUT2D eigenvalue weighted by atomic mass is 9.93. The zero-order chi connectivity index (χ0) is 24.1. The lowest BCUT2D eigenvalue weighted by Gasteiger charge is -2.28. The molecule has 1 aliphatic rings. The van der Waals surface area contributed by atoms with Gasteiger partial charge in [0, 0.05) is 18.7 Å². The summed E-state index contributed by atoms with van der Waals surface area (Å²) in [6.45, 7) is 13.2. The van der Waals surface area contributed by atoms with E-state index in [1.807, 2.05) is 51.1 Å². The number of rotatable bonds is 9. The first-order valence-electron chi connectivity index (χ1n) is 11.6. The zero-order valence-electron chi connectivity index (χ0n) is 20.2. The highest BCUT2D eigenvalue weighted by molar-refractivity contribution is 6.46. The van der Waals surface area contributed by atoms with Crippen LogP contribution in [0.5, 0.6) is 5.75 Å². The van der Waals surface area contributed by atoms with Crippen LogP contribution in [0, 0.1) is 13.8 Å². The molecule has 1 atom stereocenters. The number of aliphatic hydroxyl groups is 1. The monoisotopic (exact) mass is 450 g/mol. The van der Waals surface area contributed by atoms with Gasteiger partial charge in [0.25, 0.3) is 11.7 Å². The molecule has 6 nitrogen and oxygen atoms in total. The van der Waals surface area contributed by atoms with Crippen molar-refractivity contribution >= 4 is 17.4 Å². The summed E-state index contributed by atoms with van der Waals surface area (Å²) in [5, 5.41) is 11.3. The van der Waals surface area contributed by atoms with E-state index in [9.17, 15) is 14.7 Å². The van der Waals surface area contributed by atoms with Gasteiger partial charge < -0.3 is 19.6 Å². The van der Waals surface area contributed by atoms with E-state index >= 15 is 0 Å². The van der Waals surface area contributed by atoms with Crippen LogP contribution in [0.2, 0.25) is 0 Å². The fourth-order valence-corrected chi connectivity index (χ4v) is 4.30. The van der Waals surface area contributed by atoms with Gasteiger partial charge in [0.05, 0.1) is 18.2 Å². The Morgan fingerprint density at radius 2 is 1.70 bits per heavy atom. The number of carbonyl (C=O) groups is 2. The maximum absolute atomic E-state index is 13.2. The van der Waals surface area contributed by atoms with Crippen LogP contribution in [-0.4, -0.2) is 59.4 Å². The number of aryl methyl sites for hydroxylation is 2. The molecule has 1 heterocycles. The van der Waals surface area contributed by atoms with Crippen LogP contribution in [0.1, 0.15) is 49.1 Å². The van der Waals surface area contributed by atoms with Gasteiger partial charge in [-0.2, -0.15) is 0 Å². The molecule has 176 valence electrons. The molecule has 0 aliphatic carbocycles. The minimum absolute atomic E-state index is 0.135. The Morgan fingerprint density at radius 1 is 1.03 bits per heavy atom. The van der Waals surface area contributed by atoms with E-state index in [1.54, 1.807) is 17.0 Å². The van der Waals surface area contributed by atoms with E-state index in [0.29, 0.717) is 31.0 Å². The SMILES string of the molecule is CCOc1ccc(/C(O)=C2\C(=O)C(=O)N(CCN(CC)CC)C2c2ccc(C)cc2)c(C)c1. The number of likely N-dealkylation sites (tertiary alicyclic amines) is 1. The fourth-order valence-electron chi connectivity index (χ4n) is 4.30. The number of carbonyl (C=O) groups excluding carboxylic acids is 2. The second-order valence-corrected chi connectivity index (χ2v) is 8.34. The van der Waals surface area contributed by atoms with Crippen LogP contribution in [0.4, 0.5) is 0 Å². The first kappa shape index (κ1) is 24.5. The summed E-state index contributed by atoms with van der Waals surface area (Å²) in [7, 11) is 0. The lowest BCUT2D eigenvalue weighted by Crippen LogP contribution is -2.38. The van der Waals surface area contributed by atoms with Gasteiger partial charge in [0.2, 0.25) is 0 Å². The van der Waals surface area contributed by atoms with Gasteiger partial charge in [0.1, 0.15) is 11.5 Å². The Kier molecular flexibility index (Phi) is 7.92. The van der Waals surface area contributed by atoms with Crippen molar-refractivity contribution in [2.75, 3.05) is 32.8 Å². The molecule has 3 rings (SSSR count). The maximum Gasteiger partial charge on any atom is 0.295 e. The number of nitrogens with zero attached hydrogens (tertiary/aromatic N) is 2. The molecule has 1 saturated heterocycles. The number of likely N-dealkylation sites (N-methyl/N-ethyl adjacent to an activating group) is 1. The number of ether oxygens (including phenoxy) is 1. The van der Waals surface area contributed by atoms with Gasteiger partial charge in [-0.05, 0) is 63.2 Å². The Bertz CT molecular complexity index is 1040. The third kappa shape index (κ3) is 5.11. The quantitative estimate of drug-likeness (QED) is 0.347. The molecule has 2 aromatic rings. The summed E-state index contributed by atoms with van der Waals surface area (Å²) >= 11 is 0. The van der Waals surface area contributed by atoms with Crippen molar-refractivity contribution in [1.82, 2.24) is 9.80 Å². The molecule has 0 radical (unpaired) electrons. The molecular weight excluding hydrogens is 416 g/mol. The summed E-state index contributed by atoms with van der Waals surface area (Å²) in [5.74, 6) is -0.671. The van der Waals surface area contributed by atoms with E-state index in [-0.39, 0.29) is 11.3 Å². The van der Waals surface area contributed by atoms with E-state index in [2.05, 4.69) is 18.7 Å². The summed E-state index contributed by atoms with van der Waals surface area (Å²) in [6, 6.07) is 12.5. The number of benzene rings is 2. The average molecular weight is 451 g/mol. The number of hydrogen-bond donors (Lipinski definition) is 1. The first-order valence-corrected chi connectivity index (χ1v) is 11.6. The van der Waals surface area contributed by atoms with E-state index in [4.69, 9.17) is 4.74 Å². The zero-order valence-corrected chi connectivity index (χ0v) is 20.2. The van der Waals surface area contributed by atoms with Crippen molar-refractivity contribution in [1.29, 1.82) is 0 Å². The number of Topliss-reactive ketones (excluding diaryl/α,β-unsaturated/α-hetero) is 1. The normalized spacial score (nSPS) is 17.8. The van der Waals surface area contributed by atoms with Crippen LogP contribution in [0.15, 0.2) is 48.0 Å². The molecule has 0 aromatic heterocycles. The molecule has 33 heavy (non-hydrogen) atoms. The van der Waals surface area contributed by atoms with Gasteiger partial charge in [-0.3, -0.25) is 9.59 Å². The third-order valence-corrected chi connectivity index (χ3v) is 6.25. The Labute approximate surface area is 196 Å². The molecule has 0 bridgehead atoms. The van der Waals surface area contributed by atoms with Crippen molar-refractivity contribution in [2.45, 2.75) is 40.7 Å². The fraction of sp³-hybridized carbons (Fsp3) is 0.407. The molecule has 1 amide bonds. The van der Waals surface area contributed by atoms with Crippen LogP contribution < -0.4 is 4.74 Å². The topological polar surface area (TPSA) is 70.1 Å². The highest BCUT2D eigenvalue weighted by Crippen LogP contribution is 2.40. The van der Waals surface area contributed by atoms with Crippen LogP contribution >= 0.6 is 0 Å². The molecule has 1 N–H and O–H groups in total. The van der Waals surface area contributed by atoms with Gasteiger partial charge in [-0.1, -0.05) is 43.7 Å². The maximum atomic E-state index is 13.2. The van der Waals surface area contributed by atoms with Crippen molar-refractivity contribution in [3.8, 4) is 5.75 Å². The second-order valence-electron chi connectivity index (χ2n) is 8.34. The van der Waals surface area contributed by atoms with Gasteiger partial charge in [0.15, 0.2) is 0 Å². The number of amides is 1. The Morgan fingerprint density at radius 3 is 2.27 bits per heavy atom. The summed E-state index contributed by atoms with van der Waals surface area (Å²) < 4.78 is 5.55. The molecule has 1 unspecified atom stereocenters. The van der Waals surface area contributed by atoms with Crippen molar-refractivity contribution in [3.05, 3.63) is 70.3 Å². The standard InChI is InChI=1S/C27H34N2O4/c1-6-28(7-2)15-16-29-24(20-11-9-18(4)10-12-20)23(26(31)27(29)32)25(30)22-14-13-21(33-8-3)17-19(22)5/h9-14,17,24,30H,6-8,15-16H2,1-5H3/b25-23+. The smallest absolute Gasteiger partial charge is 0.295 e. The van der Waals surface area contributed by atoms with Crippen molar-refractivity contribution < 1.29 is 19.4 Å². The number of ketones is 1. The molecular formula is C27H34N2O4. The highest BCUT2D eigenvalue weighted by atomic mass is 16.5. The molecule has 1 fully saturated rings. The number of aliphatic hydroxyl groups excluding tert-OH is 1. The van der Waals surface area contributed by atoms with Gasteiger partial charge in [-0.25, -0.2) is 0 Å². The summed E-state index contributed by atoms with van der Waals surface area (Å²) in [5.41, 5.74) is 3.33. The summed E-state index contributed by atoms with van der Waals surface area (Å²) in [6.07, 6.45) is 0. The molecule has 0 saturated carbocycles. The molecule has 0 spiro atoms. The van der Waals surface area contributed by atoms with E-state index < -0.39 is 17.7 Å². The summed E-state index contributed by atoms with van der Waals surface area (Å²) in [4.78, 5) is 30.1. The molecule has 2 aromatic carbocycles. The Balaban J connectivity index is 2.10. The highest BCUT2D eigenvalue weighted by Gasteiger charge is 2.46. The first-order chi connectivity index (χ1) is 15.8. The van der Waals surface area contributed by atoms with Crippen LogP contribution in [0.25, 0.3) is 5.76 Å². The van der Waals surface area contributed by atoms with Crippen molar-refractivity contribution in [2.24, 2.45) is 0 Å². The molecule has 6 heteroatoms. The number of hydrogen-bond acceptors (Lipinski definition) is 5. The van der Waals surface area contributed by atoms with E-state index in [1.165, 1.54) is 0 Å². The second kappa shape index (κ2) is 10.7. The largest absolute Gasteiger partial charge is 0.507 e. The molecule has 1 aliphatic heterocycles. The van der Waals surface area contributed by atoms with Crippen molar-refractivity contribution in [3.63, 3.8) is 0 Å². The minimum Gasteiger partial charge on any atom is -0.507 e. The average Bonchev–Trinajstić information content (AvgIpc) is 3.05. The minimum atomic E-state index is -0.647. The predicted molar refractivity (Wildman–Crippen MR) is 130 cm³/mol. The third-order valence-electron chi connectivity index (χ3n) is 6.25. The predicted octanol–water partition coefficient (Wildman–Crippen LogP) is 4.47. The van der Waals surface area contributed by atoms with Crippen LogP contribution in [-0.2, 0) is 9.59 Å². The van der Waals surface area contributed by atoms with Gasteiger partial charge >= 0.3 is 0 Å².